The van der Waals surface area contributed by atoms with Crippen molar-refractivity contribution >= 4 is 16.6 Å². The molecule has 4 aromatic rings. The fourth-order valence-corrected chi connectivity index (χ4v) is 3.75. The standard InChI is InChI=1S/C20H14FN5O/c21-15-6-11(8-22)5-12-1-3-17(19(12)15)24-13-2-4-16-14(7-13)20(26-25-16)18-9-23-10-27-18/h2,4-7,9-10,17,24H,1,3H2,(H,25,26)/t17-/m0/s1. The van der Waals surface area contributed by atoms with Crippen molar-refractivity contribution in [2.75, 3.05) is 5.32 Å². The van der Waals surface area contributed by atoms with Gasteiger partial charge < -0.3 is 9.73 Å². The van der Waals surface area contributed by atoms with Crippen LogP contribution in [0.1, 0.15) is 29.2 Å². The summed E-state index contributed by atoms with van der Waals surface area (Å²) in [7, 11) is 0. The van der Waals surface area contributed by atoms with Crippen molar-refractivity contribution in [2.24, 2.45) is 0 Å². The molecule has 2 aromatic carbocycles. The minimum absolute atomic E-state index is 0.133. The first kappa shape index (κ1) is 15.6. The van der Waals surface area contributed by atoms with Crippen LogP contribution in [0.25, 0.3) is 22.4 Å². The number of aromatic nitrogens is 3. The number of rotatable bonds is 3. The van der Waals surface area contributed by atoms with Crippen molar-refractivity contribution in [2.45, 2.75) is 18.9 Å². The summed E-state index contributed by atoms with van der Waals surface area (Å²) >= 11 is 0. The van der Waals surface area contributed by atoms with Gasteiger partial charge in [-0.15, -0.1) is 0 Å². The van der Waals surface area contributed by atoms with Gasteiger partial charge in [-0.05, 0) is 48.7 Å². The van der Waals surface area contributed by atoms with E-state index < -0.39 is 0 Å². The number of benzene rings is 2. The number of aryl methyl sites for hydroxylation is 1. The smallest absolute Gasteiger partial charge is 0.181 e. The van der Waals surface area contributed by atoms with E-state index in [0.717, 1.165) is 35.0 Å². The quantitative estimate of drug-likeness (QED) is 0.568. The van der Waals surface area contributed by atoms with Crippen LogP contribution in [0.2, 0.25) is 0 Å². The van der Waals surface area contributed by atoms with Gasteiger partial charge >= 0.3 is 0 Å². The molecule has 0 aliphatic heterocycles. The van der Waals surface area contributed by atoms with Crippen molar-refractivity contribution in [1.82, 2.24) is 15.2 Å². The van der Waals surface area contributed by atoms with E-state index in [1.807, 2.05) is 24.3 Å². The number of anilines is 1. The molecule has 0 amide bonds. The van der Waals surface area contributed by atoms with Crippen molar-refractivity contribution in [1.29, 1.82) is 5.26 Å². The molecule has 2 N–H and O–H groups in total. The molecular weight excluding hydrogens is 345 g/mol. The second-order valence-corrected chi connectivity index (χ2v) is 6.58. The molecule has 0 spiro atoms. The Balaban J connectivity index is 1.50. The summed E-state index contributed by atoms with van der Waals surface area (Å²) in [5, 5.41) is 20.6. The Morgan fingerprint density at radius 2 is 2.22 bits per heavy atom. The van der Waals surface area contributed by atoms with Gasteiger partial charge in [-0.3, -0.25) is 5.10 Å². The Labute approximate surface area is 153 Å². The summed E-state index contributed by atoms with van der Waals surface area (Å²) in [4.78, 5) is 3.94. The van der Waals surface area contributed by atoms with Gasteiger partial charge in [0.2, 0.25) is 0 Å². The first-order valence-corrected chi connectivity index (χ1v) is 8.59. The topological polar surface area (TPSA) is 90.5 Å². The van der Waals surface area contributed by atoms with Gasteiger partial charge in [0, 0.05) is 16.6 Å². The zero-order valence-electron chi connectivity index (χ0n) is 14.2. The number of halogens is 1. The largest absolute Gasteiger partial charge is 0.442 e. The van der Waals surface area contributed by atoms with E-state index in [4.69, 9.17) is 9.68 Å². The molecule has 0 saturated carbocycles. The van der Waals surface area contributed by atoms with Gasteiger partial charge in [-0.1, -0.05) is 0 Å². The summed E-state index contributed by atoms with van der Waals surface area (Å²) in [6, 6.07) is 10.8. The highest BCUT2D eigenvalue weighted by atomic mass is 19.1. The summed E-state index contributed by atoms with van der Waals surface area (Å²) in [6.45, 7) is 0. The first-order valence-electron chi connectivity index (χ1n) is 8.59. The predicted molar refractivity (Wildman–Crippen MR) is 97.4 cm³/mol. The zero-order chi connectivity index (χ0) is 18.4. The maximum Gasteiger partial charge on any atom is 0.181 e. The molecule has 6 nitrogen and oxygen atoms in total. The van der Waals surface area contributed by atoms with Crippen LogP contribution < -0.4 is 5.32 Å². The fourth-order valence-electron chi connectivity index (χ4n) is 3.75. The van der Waals surface area contributed by atoms with Crippen molar-refractivity contribution in [3.63, 3.8) is 0 Å². The van der Waals surface area contributed by atoms with Crippen LogP contribution >= 0.6 is 0 Å². The summed E-state index contributed by atoms with van der Waals surface area (Å²) in [5.41, 5.74) is 4.34. The molecule has 1 aliphatic rings. The number of hydrogen-bond acceptors (Lipinski definition) is 5. The Morgan fingerprint density at radius 3 is 3.04 bits per heavy atom. The number of oxazole rings is 1. The van der Waals surface area contributed by atoms with Gasteiger partial charge in [-0.2, -0.15) is 10.4 Å². The van der Waals surface area contributed by atoms with Crippen LogP contribution in [0.5, 0.6) is 0 Å². The Hall–Kier alpha value is -3.66. The lowest BCUT2D eigenvalue weighted by atomic mass is 10.0. The highest BCUT2D eigenvalue weighted by Gasteiger charge is 2.27. The van der Waals surface area contributed by atoms with Gasteiger partial charge in [0.1, 0.15) is 11.5 Å². The molecule has 7 heteroatoms. The zero-order valence-corrected chi connectivity index (χ0v) is 14.2. The average molecular weight is 359 g/mol. The lowest BCUT2D eigenvalue weighted by Gasteiger charge is -2.16. The van der Waals surface area contributed by atoms with E-state index in [9.17, 15) is 4.39 Å². The van der Waals surface area contributed by atoms with E-state index in [1.165, 1.54) is 12.5 Å². The maximum atomic E-state index is 14.5. The van der Waals surface area contributed by atoms with Crippen LogP contribution in [0.15, 0.2) is 47.3 Å². The van der Waals surface area contributed by atoms with Crippen LogP contribution in [0, 0.1) is 17.1 Å². The van der Waals surface area contributed by atoms with Gasteiger partial charge in [0.15, 0.2) is 12.2 Å². The van der Waals surface area contributed by atoms with Crippen LogP contribution in [0.4, 0.5) is 10.1 Å². The highest BCUT2D eigenvalue weighted by molar-refractivity contribution is 5.93. The van der Waals surface area contributed by atoms with E-state index in [-0.39, 0.29) is 11.9 Å². The molecule has 2 aromatic heterocycles. The van der Waals surface area contributed by atoms with Gasteiger partial charge in [-0.25, -0.2) is 9.37 Å². The first-order chi connectivity index (χ1) is 13.2. The number of nitriles is 1. The molecule has 0 fully saturated rings. The molecule has 0 saturated heterocycles. The Bertz CT molecular complexity index is 1190. The van der Waals surface area contributed by atoms with Crippen molar-refractivity contribution < 1.29 is 8.81 Å². The molecule has 1 atom stereocenters. The lowest BCUT2D eigenvalue weighted by Crippen LogP contribution is -2.09. The molecule has 132 valence electrons. The third-order valence-corrected chi connectivity index (χ3v) is 4.96. The Morgan fingerprint density at radius 1 is 1.30 bits per heavy atom. The van der Waals surface area contributed by atoms with Gasteiger partial charge in [0.05, 0.1) is 29.4 Å². The van der Waals surface area contributed by atoms with Crippen LogP contribution in [-0.2, 0) is 6.42 Å². The number of aromatic amines is 1. The van der Waals surface area contributed by atoms with Crippen LogP contribution in [0.3, 0.4) is 0 Å². The number of nitrogens with one attached hydrogen (secondary N) is 2. The molecule has 2 heterocycles. The Kier molecular flexibility index (Phi) is 3.44. The van der Waals surface area contributed by atoms with E-state index in [2.05, 4.69) is 20.5 Å². The number of nitrogens with zero attached hydrogens (tertiary/aromatic N) is 3. The monoisotopic (exact) mass is 359 g/mol. The molecular formula is C20H14FN5O. The third kappa shape index (κ3) is 2.54. The lowest BCUT2D eigenvalue weighted by molar-refractivity contribution is 0.570. The third-order valence-electron chi connectivity index (χ3n) is 4.96. The molecule has 5 rings (SSSR count). The predicted octanol–water partition coefficient (Wildman–Crippen LogP) is 4.33. The highest BCUT2D eigenvalue weighted by Crippen LogP contribution is 2.37. The maximum absolute atomic E-state index is 14.5. The van der Waals surface area contributed by atoms with Crippen molar-refractivity contribution in [3.8, 4) is 17.5 Å². The average Bonchev–Trinajstić information content (AvgIpc) is 3.40. The minimum atomic E-state index is -0.328. The second-order valence-electron chi connectivity index (χ2n) is 6.58. The summed E-state index contributed by atoms with van der Waals surface area (Å²) in [5.74, 6) is 0.255. The van der Waals surface area contributed by atoms with E-state index >= 15 is 0 Å². The van der Waals surface area contributed by atoms with E-state index in [1.54, 1.807) is 12.3 Å². The SMILES string of the molecule is N#Cc1cc(F)c2c(c1)CC[C@@H]2Nc1ccc2[nH]nc(-c3cnco3)c2c1. The molecule has 0 bridgehead atoms. The normalized spacial score (nSPS) is 15.6. The fraction of sp³-hybridized carbons (Fsp3) is 0.150. The minimum Gasteiger partial charge on any atom is -0.442 e. The molecule has 1 aliphatic carbocycles. The second kappa shape index (κ2) is 5.95. The molecule has 0 radical (unpaired) electrons. The number of fused-ring (bicyclic) bond motifs is 2. The molecule has 27 heavy (non-hydrogen) atoms. The number of hydrogen-bond donors (Lipinski definition) is 2. The summed E-state index contributed by atoms with van der Waals surface area (Å²) < 4.78 is 19.9. The number of H-pyrrole nitrogens is 1. The molecule has 0 unspecified atom stereocenters. The van der Waals surface area contributed by atoms with Gasteiger partial charge in [0.25, 0.3) is 0 Å². The van der Waals surface area contributed by atoms with Crippen molar-refractivity contribution in [3.05, 3.63) is 65.4 Å². The summed E-state index contributed by atoms with van der Waals surface area (Å²) in [6.07, 6.45) is 4.51. The van der Waals surface area contributed by atoms with Crippen LogP contribution in [-0.4, -0.2) is 15.2 Å². The van der Waals surface area contributed by atoms with E-state index in [0.29, 0.717) is 22.6 Å².